The predicted molar refractivity (Wildman–Crippen MR) is 113 cm³/mol. The van der Waals surface area contributed by atoms with Gasteiger partial charge in [-0.3, -0.25) is 4.79 Å². The first-order valence-electron chi connectivity index (χ1n) is 10.1. The Hall–Kier alpha value is -2.47. The summed E-state index contributed by atoms with van der Waals surface area (Å²) in [5.41, 5.74) is 2.04. The summed E-state index contributed by atoms with van der Waals surface area (Å²) in [5.74, 6) is 0.212. The van der Waals surface area contributed by atoms with Crippen molar-refractivity contribution in [3.63, 3.8) is 0 Å². The van der Waals surface area contributed by atoms with Gasteiger partial charge in [0.1, 0.15) is 23.8 Å². The number of amides is 1. The Balaban J connectivity index is 1.48. The third-order valence-corrected chi connectivity index (χ3v) is 6.98. The number of hydrogen-bond acceptors (Lipinski definition) is 4. The smallest absolute Gasteiger partial charge is 0.327 e. The van der Waals surface area contributed by atoms with Crippen molar-refractivity contribution in [2.75, 3.05) is 5.75 Å². The maximum absolute atomic E-state index is 13.1. The van der Waals surface area contributed by atoms with Crippen molar-refractivity contribution in [3.05, 3.63) is 65.7 Å². The van der Waals surface area contributed by atoms with Gasteiger partial charge in [-0.15, -0.1) is 11.8 Å². The van der Waals surface area contributed by atoms with Gasteiger partial charge in [0.25, 0.3) is 0 Å². The first-order chi connectivity index (χ1) is 14.1. The van der Waals surface area contributed by atoms with Gasteiger partial charge in [-0.1, -0.05) is 55.3 Å². The van der Waals surface area contributed by atoms with E-state index in [2.05, 4.69) is 0 Å². The molecule has 1 saturated heterocycles. The molecule has 2 atom stereocenters. The van der Waals surface area contributed by atoms with Gasteiger partial charge < -0.3 is 14.7 Å². The van der Waals surface area contributed by atoms with Crippen LogP contribution < -0.4 is 4.74 Å². The number of carbonyl (C=O) groups is 2. The SMILES string of the molecule is O=C(O)C1CSC(c2ccc(OCc3ccccc3)cc2)N1C(=O)C1CCCC1. The number of rotatable bonds is 6. The minimum Gasteiger partial charge on any atom is -0.489 e. The standard InChI is InChI=1S/C23H25NO4S/c25-21(17-8-4-5-9-17)24-20(23(26)27)15-29-22(24)18-10-12-19(13-11-18)28-14-16-6-2-1-3-7-16/h1-3,6-7,10-13,17,20,22H,4-5,8-9,14-15H2,(H,26,27). The van der Waals surface area contributed by atoms with Crippen molar-refractivity contribution in [1.82, 2.24) is 4.90 Å². The molecular weight excluding hydrogens is 386 g/mol. The van der Waals surface area contributed by atoms with Gasteiger partial charge in [0, 0.05) is 11.7 Å². The Morgan fingerprint density at radius 3 is 2.38 bits per heavy atom. The monoisotopic (exact) mass is 411 g/mol. The molecule has 2 unspecified atom stereocenters. The molecule has 2 aromatic rings. The molecule has 2 aliphatic rings. The molecule has 4 rings (SSSR count). The summed E-state index contributed by atoms with van der Waals surface area (Å²) >= 11 is 1.53. The van der Waals surface area contributed by atoms with Gasteiger partial charge in [0.15, 0.2) is 0 Å². The zero-order chi connectivity index (χ0) is 20.2. The van der Waals surface area contributed by atoms with Crippen LogP contribution in [0, 0.1) is 5.92 Å². The Labute approximate surface area is 175 Å². The second-order valence-electron chi connectivity index (χ2n) is 7.61. The second-order valence-corrected chi connectivity index (χ2v) is 8.72. The molecule has 29 heavy (non-hydrogen) atoms. The molecule has 1 saturated carbocycles. The maximum atomic E-state index is 13.1. The molecule has 1 N–H and O–H groups in total. The van der Waals surface area contributed by atoms with E-state index in [0.29, 0.717) is 12.4 Å². The molecule has 2 aromatic carbocycles. The Morgan fingerprint density at radius 2 is 1.72 bits per heavy atom. The van der Waals surface area contributed by atoms with Crippen LogP contribution in [0.4, 0.5) is 0 Å². The fourth-order valence-corrected chi connectivity index (χ4v) is 5.50. The molecule has 0 radical (unpaired) electrons. The number of benzene rings is 2. The summed E-state index contributed by atoms with van der Waals surface area (Å²) in [7, 11) is 0. The molecule has 0 aromatic heterocycles. The van der Waals surface area contributed by atoms with Crippen molar-refractivity contribution in [3.8, 4) is 5.75 Å². The Bertz CT molecular complexity index is 849. The van der Waals surface area contributed by atoms with Crippen LogP contribution in [0.2, 0.25) is 0 Å². The summed E-state index contributed by atoms with van der Waals surface area (Å²) in [4.78, 5) is 26.5. The number of carboxylic acid groups (broad SMARTS) is 1. The molecule has 2 fully saturated rings. The number of thioether (sulfide) groups is 1. The highest BCUT2D eigenvalue weighted by Gasteiger charge is 2.44. The lowest BCUT2D eigenvalue weighted by Gasteiger charge is -2.30. The highest BCUT2D eigenvalue weighted by molar-refractivity contribution is 7.99. The highest BCUT2D eigenvalue weighted by atomic mass is 32.2. The lowest BCUT2D eigenvalue weighted by atomic mass is 10.0. The number of ether oxygens (including phenoxy) is 1. The van der Waals surface area contributed by atoms with E-state index < -0.39 is 12.0 Å². The highest BCUT2D eigenvalue weighted by Crippen LogP contribution is 2.44. The average Bonchev–Trinajstić information content (AvgIpc) is 3.43. The van der Waals surface area contributed by atoms with Crippen LogP contribution in [0.1, 0.15) is 42.2 Å². The van der Waals surface area contributed by atoms with Crippen molar-refractivity contribution >= 4 is 23.6 Å². The van der Waals surface area contributed by atoms with Crippen molar-refractivity contribution in [1.29, 1.82) is 0 Å². The van der Waals surface area contributed by atoms with Crippen LogP contribution in [0.3, 0.4) is 0 Å². The van der Waals surface area contributed by atoms with Gasteiger partial charge in [0.2, 0.25) is 5.91 Å². The lowest BCUT2D eigenvalue weighted by molar-refractivity contribution is -0.151. The Morgan fingerprint density at radius 1 is 1.03 bits per heavy atom. The number of carboxylic acids is 1. The van der Waals surface area contributed by atoms with Gasteiger partial charge >= 0.3 is 5.97 Å². The third-order valence-electron chi connectivity index (χ3n) is 5.66. The summed E-state index contributed by atoms with van der Waals surface area (Å²) in [6.07, 6.45) is 3.83. The summed E-state index contributed by atoms with van der Waals surface area (Å²) < 4.78 is 5.84. The molecule has 1 aliphatic heterocycles. The summed E-state index contributed by atoms with van der Waals surface area (Å²) in [6.45, 7) is 0.492. The van der Waals surface area contributed by atoms with Gasteiger partial charge in [-0.25, -0.2) is 4.79 Å². The third kappa shape index (κ3) is 4.42. The summed E-state index contributed by atoms with van der Waals surface area (Å²) in [6, 6.07) is 16.9. The van der Waals surface area contributed by atoms with E-state index in [9.17, 15) is 14.7 Å². The topological polar surface area (TPSA) is 66.8 Å². The van der Waals surface area contributed by atoms with Crippen LogP contribution in [0.15, 0.2) is 54.6 Å². The molecule has 1 amide bonds. The van der Waals surface area contributed by atoms with E-state index in [-0.39, 0.29) is 17.2 Å². The number of nitrogens with zero attached hydrogens (tertiary/aromatic N) is 1. The van der Waals surface area contributed by atoms with Crippen LogP contribution >= 0.6 is 11.8 Å². The van der Waals surface area contributed by atoms with Crippen molar-refractivity contribution in [2.24, 2.45) is 5.92 Å². The second kappa shape index (κ2) is 8.91. The normalized spacial score (nSPS) is 22.0. The minimum atomic E-state index is -0.922. The van der Waals surface area contributed by atoms with E-state index in [4.69, 9.17) is 4.74 Å². The van der Waals surface area contributed by atoms with Crippen molar-refractivity contribution in [2.45, 2.75) is 43.7 Å². The van der Waals surface area contributed by atoms with Gasteiger partial charge in [-0.2, -0.15) is 0 Å². The zero-order valence-corrected chi connectivity index (χ0v) is 17.0. The maximum Gasteiger partial charge on any atom is 0.327 e. The van der Waals surface area contributed by atoms with Crippen LogP contribution in [-0.2, 0) is 16.2 Å². The predicted octanol–water partition coefficient (Wildman–Crippen LogP) is 4.48. The van der Waals surface area contributed by atoms with E-state index in [1.165, 1.54) is 11.8 Å². The first kappa shape index (κ1) is 19.8. The van der Waals surface area contributed by atoms with Crippen LogP contribution in [0.25, 0.3) is 0 Å². The fourth-order valence-electron chi connectivity index (χ4n) is 4.08. The number of hydrogen-bond donors (Lipinski definition) is 1. The van der Waals surface area contributed by atoms with Gasteiger partial charge in [0.05, 0.1) is 0 Å². The fraction of sp³-hybridized carbons (Fsp3) is 0.391. The minimum absolute atomic E-state index is 0.00527. The zero-order valence-electron chi connectivity index (χ0n) is 16.2. The molecule has 1 heterocycles. The lowest BCUT2D eigenvalue weighted by Crippen LogP contribution is -2.45. The van der Waals surface area contributed by atoms with E-state index in [1.807, 2.05) is 54.6 Å². The molecular formula is C23H25NO4S. The molecule has 1 aliphatic carbocycles. The quantitative estimate of drug-likeness (QED) is 0.759. The molecule has 5 nitrogen and oxygen atoms in total. The molecule has 0 bridgehead atoms. The van der Waals surface area contributed by atoms with E-state index >= 15 is 0 Å². The number of carbonyl (C=O) groups excluding carboxylic acids is 1. The molecule has 0 spiro atoms. The van der Waals surface area contributed by atoms with Crippen molar-refractivity contribution < 1.29 is 19.4 Å². The number of aliphatic carboxylic acids is 1. The van der Waals surface area contributed by atoms with Gasteiger partial charge in [-0.05, 0) is 36.1 Å². The average molecular weight is 412 g/mol. The Kier molecular flexibility index (Phi) is 6.09. The molecule has 6 heteroatoms. The first-order valence-corrected chi connectivity index (χ1v) is 11.1. The van der Waals surface area contributed by atoms with Crippen LogP contribution in [-0.4, -0.2) is 33.7 Å². The van der Waals surface area contributed by atoms with E-state index in [0.717, 1.165) is 42.6 Å². The molecule has 152 valence electrons. The summed E-state index contributed by atoms with van der Waals surface area (Å²) in [5, 5.41) is 9.38. The van der Waals surface area contributed by atoms with Crippen LogP contribution in [0.5, 0.6) is 5.75 Å². The van der Waals surface area contributed by atoms with E-state index in [1.54, 1.807) is 4.90 Å². The largest absolute Gasteiger partial charge is 0.489 e.